The van der Waals surface area contributed by atoms with Gasteiger partial charge in [-0.15, -0.1) is 0 Å². The highest BCUT2D eigenvalue weighted by molar-refractivity contribution is 5.35. The Labute approximate surface area is 71.3 Å². The molecule has 0 aliphatic carbocycles. The first-order valence-electron chi connectivity index (χ1n) is 3.75. The van der Waals surface area contributed by atoms with Crippen molar-refractivity contribution >= 4 is 5.69 Å². The molecular weight excluding hydrogens is 156 g/mol. The maximum absolute atomic E-state index is 5.43. The number of nitrogen functional groups attached to an aromatic ring is 1. The van der Waals surface area contributed by atoms with Crippen LogP contribution in [-0.4, -0.2) is 18.4 Å². The second-order valence-corrected chi connectivity index (χ2v) is 2.18. The molecule has 4 nitrogen and oxygen atoms in total. The van der Waals surface area contributed by atoms with Gasteiger partial charge >= 0.3 is 0 Å². The number of rotatable bonds is 4. The molecule has 0 unspecified atom stereocenters. The molecule has 0 aliphatic rings. The van der Waals surface area contributed by atoms with Crippen LogP contribution in [-0.2, 0) is 4.74 Å². The van der Waals surface area contributed by atoms with Crippen molar-refractivity contribution in [2.75, 3.05) is 19.1 Å². The van der Waals surface area contributed by atoms with E-state index < -0.39 is 0 Å². The zero-order valence-electron chi connectivity index (χ0n) is 6.99. The van der Waals surface area contributed by atoms with E-state index >= 15 is 0 Å². The van der Waals surface area contributed by atoms with Crippen molar-refractivity contribution in [2.24, 2.45) is 0 Å². The monoisotopic (exact) mass is 168 g/mol. The standard InChI is InChI=1S/C8H12N2O2/c1-2-11-6-12-8-4-3-7(9)5-10-8/h3-5H,2,6,9H2,1H3. The number of anilines is 1. The zero-order chi connectivity index (χ0) is 8.81. The van der Waals surface area contributed by atoms with Crippen LogP contribution in [0.15, 0.2) is 18.3 Å². The largest absolute Gasteiger partial charge is 0.451 e. The summed E-state index contributed by atoms with van der Waals surface area (Å²) in [7, 11) is 0. The fraction of sp³-hybridized carbons (Fsp3) is 0.375. The smallest absolute Gasteiger partial charge is 0.215 e. The maximum atomic E-state index is 5.43. The van der Waals surface area contributed by atoms with E-state index in [0.29, 0.717) is 18.2 Å². The average molecular weight is 168 g/mol. The third-order valence-electron chi connectivity index (χ3n) is 1.25. The predicted octanol–water partition coefficient (Wildman–Crippen LogP) is 1.04. The van der Waals surface area contributed by atoms with E-state index in [0.717, 1.165) is 0 Å². The molecule has 0 aliphatic heterocycles. The van der Waals surface area contributed by atoms with E-state index in [1.54, 1.807) is 18.3 Å². The number of ether oxygens (including phenoxy) is 2. The molecule has 0 aromatic carbocycles. The van der Waals surface area contributed by atoms with Gasteiger partial charge in [0.25, 0.3) is 0 Å². The molecule has 1 heterocycles. The van der Waals surface area contributed by atoms with Crippen LogP contribution in [0.3, 0.4) is 0 Å². The van der Waals surface area contributed by atoms with Gasteiger partial charge in [-0.05, 0) is 13.0 Å². The van der Waals surface area contributed by atoms with E-state index in [4.69, 9.17) is 15.2 Å². The average Bonchev–Trinajstić information content (AvgIpc) is 2.09. The van der Waals surface area contributed by atoms with E-state index in [9.17, 15) is 0 Å². The van der Waals surface area contributed by atoms with Gasteiger partial charge in [-0.3, -0.25) is 0 Å². The van der Waals surface area contributed by atoms with Crippen molar-refractivity contribution in [3.05, 3.63) is 18.3 Å². The molecular formula is C8H12N2O2. The number of nitrogens with two attached hydrogens (primary N) is 1. The molecule has 0 fully saturated rings. The molecule has 0 amide bonds. The first kappa shape index (κ1) is 8.80. The van der Waals surface area contributed by atoms with E-state index in [1.165, 1.54) is 0 Å². The van der Waals surface area contributed by atoms with Crippen LogP contribution >= 0.6 is 0 Å². The van der Waals surface area contributed by atoms with Gasteiger partial charge in [0.05, 0.1) is 11.9 Å². The van der Waals surface area contributed by atoms with Crippen molar-refractivity contribution < 1.29 is 9.47 Å². The predicted molar refractivity (Wildman–Crippen MR) is 45.8 cm³/mol. The maximum Gasteiger partial charge on any atom is 0.215 e. The SMILES string of the molecule is CCOCOc1ccc(N)cn1. The summed E-state index contributed by atoms with van der Waals surface area (Å²) in [5.41, 5.74) is 6.06. The number of nitrogens with zero attached hydrogens (tertiary/aromatic N) is 1. The number of pyridine rings is 1. The first-order valence-corrected chi connectivity index (χ1v) is 3.75. The summed E-state index contributed by atoms with van der Waals surface area (Å²) in [5, 5.41) is 0. The second-order valence-electron chi connectivity index (χ2n) is 2.18. The fourth-order valence-corrected chi connectivity index (χ4v) is 0.662. The Bertz CT molecular complexity index is 223. The Kier molecular flexibility index (Phi) is 3.35. The quantitative estimate of drug-likeness (QED) is 0.539. The highest BCUT2D eigenvalue weighted by Crippen LogP contribution is 2.07. The normalized spacial score (nSPS) is 9.75. The van der Waals surface area contributed by atoms with Crippen molar-refractivity contribution in [1.82, 2.24) is 4.98 Å². The summed E-state index contributed by atoms with van der Waals surface area (Å²) in [6.07, 6.45) is 1.54. The molecule has 0 radical (unpaired) electrons. The van der Waals surface area contributed by atoms with Crippen LogP contribution in [0.4, 0.5) is 5.69 Å². The van der Waals surface area contributed by atoms with Crippen LogP contribution in [0.25, 0.3) is 0 Å². The van der Waals surface area contributed by atoms with Crippen molar-refractivity contribution in [2.45, 2.75) is 6.92 Å². The van der Waals surface area contributed by atoms with E-state index in [-0.39, 0.29) is 6.79 Å². The minimum atomic E-state index is 0.230. The summed E-state index contributed by atoms with van der Waals surface area (Å²) in [6.45, 7) is 2.77. The van der Waals surface area contributed by atoms with Gasteiger partial charge < -0.3 is 15.2 Å². The van der Waals surface area contributed by atoms with E-state index in [1.807, 2.05) is 6.92 Å². The molecule has 0 spiro atoms. The van der Waals surface area contributed by atoms with Crippen LogP contribution in [0.2, 0.25) is 0 Å². The molecule has 4 heteroatoms. The topological polar surface area (TPSA) is 57.4 Å². The Hall–Kier alpha value is -1.29. The van der Waals surface area contributed by atoms with E-state index in [2.05, 4.69) is 4.98 Å². The summed E-state index contributed by atoms with van der Waals surface area (Å²) in [5.74, 6) is 0.526. The molecule has 66 valence electrons. The molecule has 0 saturated heterocycles. The highest BCUT2D eigenvalue weighted by atomic mass is 16.7. The molecule has 1 aromatic rings. The van der Waals surface area contributed by atoms with Crippen LogP contribution < -0.4 is 10.5 Å². The minimum absolute atomic E-state index is 0.230. The lowest BCUT2D eigenvalue weighted by molar-refractivity contribution is 0.0197. The van der Waals surface area contributed by atoms with Crippen molar-refractivity contribution in [3.63, 3.8) is 0 Å². The summed E-state index contributed by atoms with van der Waals surface area (Å²) in [4.78, 5) is 3.92. The Balaban J connectivity index is 2.37. The number of hydrogen-bond acceptors (Lipinski definition) is 4. The van der Waals surface area contributed by atoms with Gasteiger partial charge in [0.15, 0.2) is 6.79 Å². The molecule has 2 N–H and O–H groups in total. The van der Waals surface area contributed by atoms with Gasteiger partial charge in [-0.2, -0.15) is 0 Å². The molecule has 0 bridgehead atoms. The number of aromatic nitrogens is 1. The van der Waals surface area contributed by atoms with Crippen LogP contribution in [0.5, 0.6) is 5.88 Å². The lowest BCUT2D eigenvalue weighted by Crippen LogP contribution is -2.03. The third-order valence-corrected chi connectivity index (χ3v) is 1.25. The third kappa shape index (κ3) is 2.75. The Morgan fingerprint density at radius 2 is 2.33 bits per heavy atom. The molecule has 0 atom stereocenters. The van der Waals surface area contributed by atoms with Crippen molar-refractivity contribution in [1.29, 1.82) is 0 Å². The molecule has 12 heavy (non-hydrogen) atoms. The summed E-state index contributed by atoms with van der Waals surface area (Å²) < 4.78 is 10.1. The molecule has 1 aromatic heterocycles. The lowest BCUT2D eigenvalue weighted by atomic mass is 10.4. The zero-order valence-corrected chi connectivity index (χ0v) is 6.99. The van der Waals surface area contributed by atoms with Crippen LogP contribution in [0, 0.1) is 0 Å². The fourth-order valence-electron chi connectivity index (χ4n) is 0.662. The number of hydrogen-bond donors (Lipinski definition) is 1. The molecule has 1 rings (SSSR count). The first-order chi connectivity index (χ1) is 5.83. The van der Waals surface area contributed by atoms with Crippen molar-refractivity contribution in [3.8, 4) is 5.88 Å². The summed E-state index contributed by atoms with van der Waals surface area (Å²) >= 11 is 0. The van der Waals surface area contributed by atoms with Gasteiger partial charge in [0.2, 0.25) is 5.88 Å². The van der Waals surface area contributed by atoms with Gasteiger partial charge in [-0.25, -0.2) is 4.98 Å². The van der Waals surface area contributed by atoms with Gasteiger partial charge in [0, 0.05) is 12.7 Å². The Morgan fingerprint density at radius 3 is 2.92 bits per heavy atom. The van der Waals surface area contributed by atoms with Gasteiger partial charge in [0.1, 0.15) is 0 Å². The minimum Gasteiger partial charge on any atom is -0.451 e. The Morgan fingerprint density at radius 1 is 1.50 bits per heavy atom. The highest BCUT2D eigenvalue weighted by Gasteiger charge is 1.92. The van der Waals surface area contributed by atoms with Gasteiger partial charge in [-0.1, -0.05) is 0 Å². The second kappa shape index (κ2) is 4.56. The van der Waals surface area contributed by atoms with Crippen LogP contribution in [0.1, 0.15) is 6.92 Å². The summed E-state index contributed by atoms with van der Waals surface area (Å²) in [6, 6.07) is 3.43. The lowest BCUT2D eigenvalue weighted by Gasteiger charge is -2.03. The molecule has 0 saturated carbocycles.